The van der Waals surface area contributed by atoms with Gasteiger partial charge < -0.3 is 24.4 Å². The van der Waals surface area contributed by atoms with Crippen molar-refractivity contribution >= 4 is 33.7 Å². The lowest BCUT2D eigenvalue weighted by molar-refractivity contribution is -0.155. The normalized spacial score (nSPS) is 30.8. The summed E-state index contributed by atoms with van der Waals surface area (Å²) >= 11 is 3.67. The molecule has 1 N–H and O–H groups in total. The fraction of sp³-hybridized carbons (Fsp3) is 0.750. The second-order valence-corrected chi connectivity index (χ2v) is 13.5. The van der Waals surface area contributed by atoms with Crippen LogP contribution in [0.1, 0.15) is 60.3 Å². The zero-order valence-electron chi connectivity index (χ0n) is 22.9. The van der Waals surface area contributed by atoms with Crippen molar-refractivity contribution in [3.05, 3.63) is 25.3 Å². The summed E-state index contributed by atoms with van der Waals surface area (Å²) in [6, 6.07) is -0.884. The molecule has 8 nitrogen and oxygen atoms in total. The maximum atomic E-state index is 14.5. The van der Waals surface area contributed by atoms with E-state index in [1.165, 1.54) is 6.08 Å². The number of carbonyl (C=O) groups is 3. The highest BCUT2D eigenvalue weighted by Gasteiger charge is 2.77. The monoisotopic (exact) mass is 582 g/mol. The predicted molar refractivity (Wildman–Crippen MR) is 145 cm³/mol. The van der Waals surface area contributed by atoms with Gasteiger partial charge in [0.05, 0.1) is 17.9 Å². The van der Waals surface area contributed by atoms with Crippen LogP contribution in [-0.4, -0.2) is 87.1 Å². The lowest BCUT2D eigenvalue weighted by atomic mass is 9.70. The van der Waals surface area contributed by atoms with Gasteiger partial charge in [-0.05, 0) is 44.9 Å². The van der Waals surface area contributed by atoms with E-state index in [2.05, 4.69) is 49.9 Å². The van der Waals surface area contributed by atoms with Gasteiger partial charge in [0.15, 0.2) is 0 Å². The Kier molecular flexibility index (Phi) is 9.02. The molecule has 208 valence electrons. The van der Waals surface area contributed by atoms with Crippen LogP contribution in [0.4, 0.5) is 0 Å². The topological polar surface area (TPSA) is 96.4 Å². The molecule has 6 atom stereocenters. The van der Waals surface area contributed by atoms with E-state index < -0.39 is 41.1 Å². The van der Waals surface area contributed by atoms with Gasteiger partial charge >= 0.3 is 5.97 Å². The molecular weight excluding hydrogens is 540 g/mol. The number of ether oxygens (including phenoxy) is 2. The zero-order valence-corrected chi connectivity index (χ0v) is 24.5. The molecule has 9 heteroatoms. The fourth-order valence-electron chi connectivity index (χ4n) is 6.86. The Bertz CT molecular complexity index is 915. The van der Waals surface area contributed by atoms with E-state index >= 15 is 0 Å². The van der Waals surface area contributed by atoms with Crippen molar-refractivity contribution in [2.24, 2.45) is 17.3 Å². The van der Waals surface area contributed by atoms with E-state index in [9.17, 15) is 19.5 Å². The molecule has 3 fully saturated rings. The Labute approximate surface area is 229 Å². The molecule has 0 aromatic rings. The Morgan fingerprint density at radius 3 is 2.49 bits per heavy atom. The molecule has 0 radical (unpaired) electrons. The van der Waals surface area contributed by atoms with E-state index in [-0.39, 0.29) is 35.3 Å². The number of nitrogens with zero attached hydrogens (tertiary/aromatic N) is 2. The average Bonchev–Trinajstić information content (AvgIpc) is 3.37. The highest BCUT2D eigenvalue weighted by atomic mass is 79.9. The Hall–Kier alpha value is -1.71. The number of hydrogen-bond donors (Lipinski definition) is 1. The number of carbonyl (C=O) groups excluding carboxylic acids is 3. The quantitative estimate of drug-likeness (QED) is 0.164. The molecule has 3 rings (SSSR count). The SMILES string of the molecule is C=CCOC(=O)[C@H]1[C@H]2C(=O)N(CCCCO)C(C(=O)N(CC=C)C(C)(C)CC(C)(C)C)C23CC(Br)[C@@H]1O3. The Morgan fingerprint density at radius 1 is 1.24 bits per heavy atom. The summed E-state index contributed by atoms with van der Waals surface area (Å²) in [6.45, 7) is 18.6. The molecule has 0 aromatic carbocycles. The van der Waals surface area contributed by atoms with E-state index in [0.29, 0.717) is 32.4 Å². The van der Waals surface area contributed by atoms with E-state index in [1.807, 2.05) is 18.7 Å². The summed E-state index contributed by atoms with van der Waals surface area (Å²) in [5, 5.41) is 9.36. The first-order chi connectivity index (χ1) is 17.3. The molecule has 0 saturated carbocycles. The molecule has 3 saturated heterocycles. The maximum Gasteiger partial charge on any atom is 0.312 e. The van der Waals surface area contributed by atoms with Crippen LogP contribution in [0.3, 0.4) is 0 Å². The van der Waals surface area contributed by atoms with Crippen LogP contribution >= 0.6 is 15.9 Å². The van der Waals surface area contributed by atoms with Crippen molar-refractivity contribution in [3.63, 3.8) is 0 Å². The smallest absolute Gasteiger partial charge is 0.312 e. The Balaban J connectivity index is 2.07. The molecule has 1 spiro atoms. The summed E-state index contributed by atoms with van der Waals surface area (Å²) in [6.07, 6.45) is 4.85. The van der Waals surface area contributed by atoms with Crippen molar-refractivity contribution in [3.8, 4) is 0 Å². The van der Waals surface area contributed by atoms with Gasteiger partial charge in [-0.3, -0.25) is 14.4 Å². The van der Waals surface area contributed by atoms with Crippen LogP contribution < -0.4 is 0 Å². The minimum atomic E-state index is -1.14. The third kappa shape index (κ3) is 5.55. The number of amides is 2. The lowest BCUT2D eigenvalue weighted by Crippen LogP contribution is -2.61. The number of rotatable bonds is 12. The third-order valence-electron chi connectivity index (χ3n) is 7.72. The first-order valence-electron chi connectivity index (χ1n) is 13.2. The average molecular weight is 584 g/mol. The van der Waals surface area contributed by atoms with Gasteiger partial charge in [0, 0.05) is 30.1 Å². The number of aliphatic hydroxyl groups is 1. The second kappa shape index (κ2) is 11.2. The Morgan fingerprint density at radius 2 is 1.92 bits per heavy atom. The van der Waals surface area contributed by atoms with Gasteiger partial charge in [0.1, 0.15) is 18.2 Å². The number of aliphatic hydroxyl groups excluding tert-OH is 1. The summed E-state index contributed by atoms with van der Waals surface area (Å²) in [5.41, 5.74) is -1.70. The van der Waals surface area contributed by atoms with Crippen molar-refractivity contribution in [2.75, 3.05) is 26.3 Å². The standard InChI is InChI=1S/C28H43BrN2O6/c1-8-12-31(27(6,7)17-26(3,4)5)24(34)22-28-16-18(29)21(37-28)19(25(35)36-15-9-2)20(28)23(33)30(22)13-10-11-14-32/h8-9,18-22,32H,1-2,10-17H2,3-7H3/t18?,19-,20-,21-,22?,28?/m0/s1. The van der Waals surface area contributed by atoms with E-state index in [0.717, 1.165) is 6.42 Å². The largest absolute Gasteiger partial charge is 0.461 e. The van der Waals surface area contributed by atoms with Gasteiger partial charge in [-0.25, -0.2) is 0 Å². The number of unbranched alkanes of at least 4 members (excludes halogenated alkanes) is 1. The lowest BCUT2D eigenvalue weighted by Gasteiger charge is -2.45. The van der Waals surface area contributed by atoms with Gasteiger partial charge in [-0.2, -0.15) is 0 Å². The van der Waals surface area contributed by atoms with E-state index in [4.69, 9.17) is 9.47 Å². The number of halogens is 1. The van der Waals surface area contributed by atoms with Gasteiger partial charge in [0.2, 0.25) is 11.8 Å². The highest BCUT2D eigenvalue weighted by molar-refractivity contribution is 9.09. The van der Waals surface area contributed by atoms with Crippen LogP contribution in [0, 0.1) is 17.3 Å². The number of likely N-dealkylation sites (tertiary alicyclic amines) is 1. The summed E-state index contributed by atoms with van der Waals surface area (Å²) in [5.74, 6) is -2.57. The number of hydrogen-bond acceptors (Lipinski definition) is 6. The van der Waals surface area contributed by atoms with Crippen LogP contribution in [0.5, 0.6) is 0 Å². The molecule has 0 aromatic heterocycles. The fourth-order valence-corrected chi connectivity index (χ4v) is 7.80. The number of fused-ring (bicyclic) bond motifs is 1. The second-order valence-electron chi connectivity index (χ2n) is 12.3. The molecule has 3 aliphatic rings. The molecule has 37 heavy (non-hydrogen) atoms. The van der Waals surface area contributed by atoms with E-state index in [1.54, 1.807) is 11.0 Å². The van der Waals surface area contributed by atoms with Crippen LogP contribution in [0.25, 0.3) is 0 Å². The van der Waals surface area contributed by atoms with Gasteiger partial charge in [0.25, 0.3) is 0 Å². The molecular formula is C28H43BrN2O6. The van der Waals surface area contributed by atoms with Crippen LogP contribution in [-0.2, 0) is 23.9 Å². The minimum absolute atomic E-state index is 0.00499. The van der Waals surface area contributed by atoms with Crippen LogP contribution in [0.2, 0.25) is 0 Å². The molecule has 0 aliphatic carbocycles. The zero-order chi connectivity index (χ0) is 27.8. The molecule has 3 heterocycles. The first kappa shape index (κ1) is 29.8. The summed E-state index contributed by atoms with van der Waals surface area (Å²) < 4.78 is 11.9. The summed E-state index contributed by atoms with van der Waals surface area (Å²) in [7, 11) is 0. The number of alkyl halides is 1. The number of esters is 1. The van der Waals surface area contributed by atoms with Crippen molar-refractivity contribution in [1.82, 2.24) is 9.80 Å². The minimum Gasteiger partial charge on any atom is -0.461 e. The summed E-state index contributed by atoms with van der Waals surface area (Å²) in [4.78, 5) is 44.9. The van der Waals surface area contributed by atoms with Gasteiger partial charge in [-0.1, -0.05) is 55.4 Å². The molecule has 2 bridgehead atoms. The first-order valence-corrected chi connectivity index (χ1v) is 14.1. The molecule has 3 aliphatic heterocycles. The van der Waals surface area contributed by atoms with Crippen molar-refractivity contribution in [1.29, 1.82) is 0 Å². The third-order valence-corrected chi connectivity index (χ3v) is 8.56. The highest BCUT2D eigenvalue weighted by Crippen LogP contribution is 2.60. The van der Waals surface area contributed by atoms with Gasteiger partial charge in [-0.15, -0.1) is 6.58 Å². The maximum absolute atomic E-state index is 14.5. The predicted octanol–water partition coefficient (Wildman–Crippen LogP) is 3.47. The van der Waals surface area contributed by atoms with Crippen LogP contribution in [0.15, 0.2) is 25.3 Å². The molecule has 2 amide bonds. The van der Waals surface area contributed by atoms with Crippen molar-refractivity contribution in [2.45, 2.75) is 88.4 Å². The molecule has 3 unspecified atom stereocenters. The van der Waals surface area contributed by atoms with Crippen molar-refractivity contribution < 1.29 is 29.0 Å².